The lowest BCUT2D eigenvalue weighted by molar-refractivity contribution is -0.129. The van der Waals surface area contributed by atoms with Gasteiger partial charge < -0.3 is 14.8 Å². The van der Waals surface area contributed by atoms with Crippen LogP contribution in [-0.2, 0) is 9.59 Å². The molecule has 0 saturated carbocycles. The molecule has 0 atom stereocenters. The van der Waals surface area contributed by atoms with Crippen LogP contribution in [0.2, 0.25) is 5.02 Å². The van der Waals surface area contributed by atoms with Gasteiger partial charge in [-0.1, -0.05) is 18.5 Å². The fourth-order valence-electron chi connectivity index (χ4n) is 2.24. The molecule has 7 nitrogen and oxygen atoms in total. The molecule has 0 unspecified atom stereocenters. The molecule has 1 aliphatic heterocycles. The Hall–Kier alpha value is -2.19. The van der Waals surface area contributed by atoms with E-state index in [1.807, 2.05) is 6.92 Å². The number of hydrogen-bond acceptors (Lipinski definition) is 6. The lowest BCUT2D eigenvalue weighted by Crippen LogP contribution is -2.39. The van der Waals surface area contributed by atoms with E-state index in [9.17, 15) is 14.4 Å². The van der Waals surface area contributed by atoms with Gasteiger partial charge in [0.1, 0.15) is 18.0 Å². The van der Waals surface area contributed by atoms with Crippen molar-refractivity contribution in [1.29, 1.82) is 0 Å². The van der Waals surface area contributed by atoms with Crippen molar-refractivity contribution in [1.82, 2.24) is 10.2 Å². The molecule has 1 aromatic carbocycles. The first-order valence-corrected chi connectivity index (χ1v) is 9.04. The zero-order chi connectivity index (χ0) is 19.3. The van der Waals surface area contributed by atoms with Gasteiger partial charge in [-0.05, 0) is 30.3 Å². The van der Waals surface area contributed by atoms with E-state index in [1.54, 1.807) is 12.1 Å². The summed E-state index contributed by atoms with van der Waals surface area (Å²) in [6.45, 7) is 2.10. The molecule has 1 aliphatic rings. The molecular formula is C17H19ClN2O5S. The highest BCUT2D eigenvalue weighted by molar-refractivity contribution is 8.18. The molecule has 1 heterocycles. The number of amides is 3. The zero-order valence-electron chi connectivity index (χ0n) is 14.6. The van der Waals surface area contributed by atoms with Crippen LogP contribution in [0.3, 0.4) is 0 Å². The third-order valence-corrected chi connectivity index (χ3v) is 4.74. The van der Waals surface area contributed by atoms with Crippen molar-refractivity contribution in [3.05, 3.63) is 27.6 Å². The van der Waals surface area contributed by atoms with Gasteiger partial charge in [0.05, 0.1) is 24.1 Å². The molecule has 0 aliphatic carbocycles. The SMILES string of the molecule is CCCNC(=O)CN1C(=O)S/C(=C\c2cc(Cl)c(OC)cc2OC)C1=O. The Balaban J connectivity index is 2.24. The maximum absolute atomic E-state index is 12.5. The van der Waals surface area contributed by atoms with Gasteiger partial charge in [0.15, 0.2) is 0 Å². The smallest absolute Gasteiger partial charge is 0.294 e. The second-order valence-electron chi connectivity index (χ2n) is 5.35. The second-order valence-corrected chi connectivity index (χ2v) is 6.75. The second kappa shape index (κ2) is 8.95. The summed E-state index contributed by atoms with van der Waals surface area (Å²) in [5.41, 5.74) is 0.527. The number of ether oxygens (including phenoxy) is 2. The van der Waals surface area contributed by atoms with E-state index < -0.39 is 11.1 Å². The van der Waals surface area contributed by atoms with Crippen molar-refractivity contribution in [2.45, 2.75) is 13.3 Å². The van der Waals surface area contributed by atoms with E-state index in [0.29, 0.717) is 28.6 Å². The van der Waals surface area contributed by atoms with Crippen molar-refractivity contribution in [3.63, 3.8) is 0 Å². The highest BCUT2D eigenvalue weighted by atomic mass is 35.5. The first-order chi connectivity index (χ1) is 12.4. The largest absolute Gasteiger partial charge is 0.496 e. The molecule has 1 N–H and O–H groups in total. The van der Waals surface area contributed by atoms with Crippen LogP contribution >= 0.6 is 23.4 Å². The maximum Gasteiger partial charge on any atom is 0.294 e. The first kappa shape index (κ1) is 20.1. The summed E-state index contributed by atoms with van der Waals surface area (Å²) in [5.74, 6) is -0.0266. The molecule has 140 valence electrons. The van der Waals surface area contributed by atoms with Gasteiger partial charge in [0, 0.05) is 18.2 Å². The van der Waals surface area contributed by atoms with Crippen LogP contribution in [0.1, 0.15) is 18.9 Å². The van der Waals surface area contributed by atoms with E-state index in [-0.39, 0.29) is 17.4 Å². The summed E-state index contributed by atoms with van der Waals surface area (Å²) in [6.07, 6.45) is 2.28. The Bertz CT molecular complexity index is 766. The highest BCUT2D eigenvalue weighted by Gasteiger charge is 2.36. The lowest BCUT2D eigenvalue weighted by atomic mass is 10.1. The summed E-state index contributed by atoms with van der Waals surface area (Å²) in [7, 11) is 2.96. The fraction of sp³-hybridized carbons (Fsp3) is 0.353. The number of carbonyl (C=O) groups excluding carboxylic acids is 3. The van der Waals surface area contributed by atoms with Gasteiger partial charge in [0.25, 0.3) is 11.1 Å². The predicted molar refractivity (Wildman–Crippen MR) is 101 cm³/mol. The summed E-state index contributed by atoms with van der Waals surface area (Å²) in [4.78, 5) is 37.5. The van der Waals surface area contributed by atoms with Crippen LogP contribution < -0.4 is 14.8 Å². The Morgan fingerprint density at radius 2 is 1.96 bits per heavy atom. The van der Waals surface area contributed by atoms with E-state index in [4.69, 9.17) is 21.1 Å². The number of hydrogen-bond donors (Lipinski definition) is 1. The number of halogens is 1. The van der Waals surface area contributed by atoms with E-state index in [1.165, 1.54) is 20.3 Å². The molecule has 9 heteroatoms. The third-order valence-electron chi connectivity index (χ3n) is 3.54. The fourth-order valence-corrected chi connectivity index (χ4v) is 3.32. The summed E-state index contributed by atoms with van der Waals surface area (Å²) in [5, 5.41) is 2.49. The van der Waals surface area contributed by atoms with Gasteiger partial charge >= 0.3 is 0 Å². The van der Waals surface area contributed by atoms with E-state index in [2.05, 4.69) is 5.32 Å². The zero-order valence-corrected chi connectivity index (χ0v) is 16.2. The molecule has 0 spiro atoms. The van der Waals surface area contributed by atoms with Gasteiger partial charge in [-0.3, -0.25) is 19.3 Å². The number of methoxy groups -OCH3 is 2. The first-order valence-electron chi connectivity index (χ1n) is 7.84. The lowest BCUT2D eigenvalue weighted by Gasteiger charge is -2.12. The Morgan fingerprint density at radius 3 is 2.58 bits per heavy atom. The minimum Gasteiger partial charge on any atom is -0.496 e. The molecule has 0 radical (unpaired) electrons. The molecule has 1 saturated heterocycles. The van der Waals surface area contributed by atoms with Crippen molar-refractivity contribution in [3.8, 4) is 11.5 Å². The van der Waals surface area contributed by atoms with Gasteiger partial charge in [-0.15, -0.1) is 0 Å². The average molecular weight is 399 g/mol. The number of nitrogens with zero attached hydrogens (tertiary/aromatic N) is 1. The van der Waals surface area contributed by atoms with Gasteiger partial charge in [-0.25, -0.2) is 0 Å². The van der Waals surface area contributed by atoms with E-state index in [0.717, 1.165) is 23.1 Å². The topological polar surface area (TPSA) is 84.9 Å². The third kappa shape index (κ3) is 4.50. The quantitative estimate of drug-likeness (QED) is 0.711. The molecule has 1 aromatic rings. The molecule has 0 aromatic heterocycles. The average Bonchev–Trinajstić information content (AvgIpc) is 2.87. The van der Waals surface area contributed by atoms with Crippen LogP contribution in [0.4, 0.5) is 4.79 Å². The van der Waals surface area contributed by atoms with Crippen LogP contribution in [0.5, 0.6) is 11.5 Å². The van der Waals surface area contributed by atoms with Gasteiger partial charge in [0.2, 0.25) is 5.91 Å². The molecule has 26 heavy (non-hydrogen) atoms. The van der Waals surface area contributed by atoms with Crippen molar-refractivity contribution >= 4 is 46.5 Å². The maximum atomic E-state index is 12.5. The number of nitrogens with one attached hydrogen (secondary N) is 1. The number of carbonyl (C=O) groups is 3. The summed E-state index contributed by atoms with van der Waals surface area (Å²) >= 11 is 6.89. The Morgan fingerprint density at radius 1 is 1.27 bits per heavy atom. The summed E-state index contributed by atoms with van der Waals surface area (Å²) < 4.78 is 10.4. The van der Waals surface area contributed by atoms with Crippen LogP contribution in [0.25, 0.3) is 6.08 Å². The Kier molecular flexibility index (Phi) is 6.93. The highest BCUT2D eigenvalue weighted by Crippen LogP contribution is 2.37. The molecule has 3 amide bonds. The Labute approximate surface area is 160 Å². The molecular weight excluding hydrogens is 380 g/mol. The van der Waals surface area contributed by atoms with Crippen molar-refractivity contribution in [2.24, 2.45) is 0 Å². The standard InChI is InChI=1S/C17H19ClN2O5S/c1-4-5-19-15(21)9-20-16(22)14(26-17(20)23)7-10-6-11(18)13(25-3)8-12(10)24-2/h6-8H,4-5,9H2,1-3H3,(H,19,21)/b14-7-. The number of benzene rings is 1. The monoisotopic (exact) mass is 398 g/mol. The predicted octanol–water partition coefficient (Wildman–Crippen LogP) is 2.92. The molecule has 2 rings (SSSR count). The minimum atomic E-state index is -0.527. The van der Waals surface area contributed by atoms with E-state index >= 15 is 0 Å². The number of thioether (sulfide) groups is 1. The van der Waals surface area contributed by atoms with Crippen molar-refractivity contribution < 1.29 is 23.9 Å². The van der Waals surface area contributed by atoms with Gasteiger partial charge in [-0.2, -0.15) is 0 Å². The van der Waals surface area contributed by atoms with Crippen LogP contribution in [0.15, 0.2) is 17.0 Å². The molecule has 1 fully saturated rings. The van der Waals surface area contributed by atoms with Crippen LogP contribution in [0, 0.1) is 0 Å². The summed E-state index contributed by atoms with van der Waals surface area (Å²) in [6, 6.07) is 3.18. The minimum absolute atomic E-state index is 0.192. The van der Waals surface area contributed by atoms with Crippen LogP contribution in [-0.4, -0.2) is 49.3 Å². The molecule has 0 bridgehead atoms. The number of imide groups is 1. The van der Waals surface area contributed by atoms with Crippen molar-refractivity contribution in [2.75, 3.05) is 27.3 Å². The number of rotatable bonds is 7. The normalized spacial score (nSPS) is 15.5.